The second kappa shape index (κ2) is 9.83. The van der Waals surface area contributed by atoms with Gasteiger partial charge < -0.3 is 36.6 Å². The summed E-state index contributed by atoms with van der Waals surface area (Å²) < 4.78 is 0. The predicted molar refractivity (Wildman–Crippen MR) is 89.2 cm³/mol. The van der Waals surface area contributed by atoms with Crippen molar-refractivity contribution >= 4 is 29.7 Å². The van der Waals surface area contributed by atoms with Crippen LogP contribution in [0.4, 0.5) is 0 Å². The number of carboxylic acids is 2. The van der Waals surface area contributed by atoms with Crippen LogP contribution < -0.4 is 16.4 Å². The first-order valence-electron chi connectivity index (χ1n) is 8.30. The Morgan fingerprint density at radius 1 is 1.19 bits per heavy atom. The van der Waals surface area contributed by atoms with Crippen LogP contribution in [0, 0.1) is 0 Å². The first kappa shape index (κ1) is 22.3. The molecule has 1 rings (SSSR count). The van der Waals surface area contributed by atoms with Gasteiger partial charge in [0.05, 0.1) is 12.5 Å². The van der Waals surface area contributed by atoms with E-state index in [-0.39, 0.29) is 13.0 Å². The van der Waals surface area contributed by atoms with Gasteiger partial charge in [0.15, 0.2) is 0 Å². The van der Waals surface area contributed by atoms with Crippen molar-refractivity contribution in [1.82, 2.24) is 15.5 Å². The summed E-state index contributed by atoms with van der Waals surface area (Å²) in [5.41, 5.74) is 5.62. The highest BCUT2D eigenvalue weighted by Gasteiger charge is 2.38. The van der Waals surface area contributed by atoms with Gasteiger partial charge in [-0.3, -0.25) is 24.0 Å². The molecule has 0 aliphatic carbocycles. The Morgan fingerprint density at radius 2 is 1.81 bits per heavy atom. The molecule has 0 saturated carbocycles. The highest BCUT2D eigenvalue weighted by Crippen LogP contribution is 2.19. The van der Waals surface area contributed by atoms with Crippen molar-refractivity contribution in [2.24, 2.45) is 5.73 Å². The average molecular weight is 388 g/mol. The van der Waals surface area contributed by atoms with E-state index >= 15 is 0 Å². The molecule has 27 heavy (non-hydrogen) atoms. The van der Waals surface area contributed by atoms with Crippen molar-refractivity contribution in [3.8, 4) is 0 Å². The van der Waals surface area contributed by atoms with Crippen LogP contribution in [0.25, 0.3) is 0 Å². The maximum absolute atomic E-state index is 12.5. The van der Waals surface area contributed by atoms with Gasteiger partial charge in [0.2, 0.25) is 17.7 Å². The Labute approximate surface area is 154 Å². The topological polar surface area (TPSA) is 199 Å². The minimum Gasteiger partial charge on any atom is -0.481 e. The molecule has 12 heteroatoms. The second-order valence-electron chi connectivity index (χ2n) is 6.23. The normalized spacial score (nSPS) is 19.7. The molecule has 1 aliphatic rings. The molecular weight excluding hydrogens is 364 g/mol. The summed E-state index contributed by atoms with van der Waals surface area (Å²) >= 11 is 0. The van der Waals surface area contributed by atoms with Gasteiger partial charge >= 0.3 is 11.9 Å². The molecule has 4 unspecified atom stereocenters. The van der Waals surface area contributed by atoms with Gasteiger partial charge in [-0.05, 0) is 19.8 Å². The number of carboxylic acid groups (broad SMARTS) is 2. The minimum absolute atomic E-state index is 0.228. The van der Waals surface area contributed by atoms with Crippen molar-refractivity contribution in [1.29, 1.82) is 0 Å². The van der Waals surface area contributed by atoms with Crippen molar-refractivity contribution in [2.75, 3.05) is 13.1 Å². The second-order valence-corrected chi connectivity index (χ2v) is 6.23. The Hall–Kier alpha value is -2.73. The number of amides is 3. The maximum atomic E-state index is 12.5. The first-order valence-corrected chi connectivity index (χ1v) is 8.30. The van der Waals surface area contributed by atoms with Crippen LogP contribution in [0.3, 0.4) is 0 Å². The molecule has 0 radical (unpaired) electrons. The largest absolute Gasteiger partial charge is 0.481 e. The van der Waals surface area contributed by atoms with Gasteiger partial charge in [-0.2, -0.15) is 0 Å². The van der Waals surface area contributed by atoms with Crippen LogP contribution in [0.5, 0.6) is 0 Å². The van der Waals surface area contributed by atoms with Crippen molar-refractivity contribution in [2.45, 2.75) is 50.4 Å². The lowest BCUT2D eigenvalue weighted by atomic mass is 10.1. The fourth-order valence-electron chi connectivity index (χ4n) is 2.64. The van der Waals surface area contributed by atoms with Crippen LogP contribution in [-0.4, -0.2) is 87.2 Å². The molecule has 12 nitrogen and oxygen atoms in total. The molecule has 0 aromatic carbocycles. The fourth-order valence-corrected chi connectivity index (χ4v) is 2.64. The minimum atomic E-state index is -1.50. The standard InChI is InChI=1S/C15H24N4O8/c1-7(20)12(16)15(27)19-4-2-3-9(19)14(26)18-8(5-10(21)22)13(25)17-6-11(23)24/h7-9,12,20H,2-6,16H2,1H3,(H,17,25)(H,18,26)(H,21,22)(H,23,24). The fraction of sp³-hybridized carbons (Fsp3) is 0.667. The molecule has 1 fully saturated rings. The van der Waals surface area contributed by atoms with Crippen LogP contribution >= 0.6 is 0 Å². The molecule has 1 heterocycles. The van der Waals surface area contributed by atoms with Gasteiger partial charge in [0.25, 0.3) is 0 Å². The number of aliphatic carboxylic acids is 2. The lowest BCUT2D eigenvalue weighted by molar-refractivity contribution is -0.144. The Bertz CT molecular complexity index is 609. The molecule has 4 atom stereocenters. The summed E-state index contributed by atoms with van der Waals surface area (Å²) in [4.78, 5) is 59.4. The summed E-state index contributed by atoms with van der Waals surface area (Å²) in [5, 5.41) is 31.2. The number of aliphatic hydroxyl groups is 1. The van der Waals surface area contributed by atoms with Crippen LogP contribution in [0.1, 0.15) is 26.2 Å². The molecule has 3 amide bonds. The van der Waals surface area contributed by atoms with Gasteiger partial charge in [0.1, 0.15) is 24.7 Å². The lowest BCUT2D eigenvalue weighted by Crippen LogP contribution is -2.57. The van der Waals surface area contributed by atoms with E-state index in [4.69, 9.17) is 15.9 Å². The van der Waals surface area contributed by atoms with Gasteiger partial charge in [-0.15, -0.1) is 0 Å². The van der Waals surface area contributed by atoms with E-state index in [9.17, 15) is 29.1 Å². The first-order chi connectivity index (χ1) is 12.5. The van der Waals surface area contributed by atoms with E-state index < -0.39 is 66.9 Å². The van der Waals surface area contributed by atoms with Crippen LogP contribution in [0.2, 0.25) is 0 Å². The van der Waals surface area contributed by atoms with Crippen LogP contribution in [-0.2, 0) is 24.0 Å². The molecule has 0 bridgehead atoms. The highest BCUT2D eigenvalue weighted by atomic mass is 16.4. The summed E-state index contributed by atoms with van der Waals surface area (Å²) in [6, 6.07) is -3.68. The number of carbonyl (C=O) groups excluding carboxylic acids is 3. The lowest BCUT2D eigenvalue weighted by Gasteiger charge is -2.28. The molecule has 1 saturated heterocycles. The SMILES string of the molecule is CC(O)C(N)C(=O)N1CCCC1C(=O)NC(CC(=O)O)C(=O)NCC(=O)O. The molecule has 152 valence electrons. The molecule has 0 aromatic rings. The number of hydrogen-bond acceptors (Lipinski definition) is 7. The number of hydrogen-bond donors (Lipinski definition) is 6. The third-order valence-electron chi connectivity index (χ3n) is 4.07. The van der Waals surface area contributed by atoms with E-state index in [1.807, 2.05) is 5.32 Å². The number of likely N-dealkylation sites (tertiary alicyclic amines) is 1. The predicted octanol–water partition coefficient (Wildman–Crippen LogP) is -3.15. The highest BCUT2D eigenvalue weighted by molar-refractivity contribution is 5.95. The number of carbonyl (C=O) groups is 5. The Morgan fingerprint density at radius 3 is 2.33 bits per heavy atom. The average Bonchev–Trinajstić information content (AvgIpc) is 3.06. The van der Waals surface area contributed by atoms with Gasteiger partial charge in [-0.25, -0.2) is 0 Å². The summed E-state index contributed by atoms with van der Waals surface area (Å²) in [6.45, 7) is 0.831. The molecule has 0 spiro atoms. The molecular formula is C15H24N4O8. The summed E-state index contributed by atoms with van der Waals surface area (Å²) in [7, 11) is 0. The Kier molecular flexibility index (Phi) is 8.12. The Balaban J connectivity index is 2.83. The van der Waals surface area contributed by atoms with E-state index in [1.165, 1.54) is 11.8 Å². The van der Waals surface area contributed by atoms with Crippen molar-refractivity contribution in [3.05, 3.63) is 0 Å². The number of aliphatic hydroxyl groups excluding tert-OH is 1. The maximum Gasteiger partial charge on any atom is 0.322 e. The van der Waals surface area contributed by atoms with E-state index in [0.717, 1.165) is 0 Å². The van der Waals surface area contributed by atoms with E-state index in [2.05, 4.69) is 5.32 Å². The third-order valence-corrected chi connectivity index (χ3v) is 4.07. The smallest absolute Gasteiger partial charge is 0.322 e. The van der Waals surface area contributed by atoms with Crippen LogP contribution in [0.15, 0.2) is 0 Å². The third kappa shape index (κ3) is 6.49. The summed E-state index contributed by atoms with van der Waals surface area (Å²) in [6.07, 6.45) is -1.11. The zero-order valence-corrected chi connectivity index (χ0v) is 14.8. The number of nitrogens with one attached hydrogen (secondary N) is 2. The van der Waals surface area contributed by atoms with Crippen molar-refractivity contribution < 1.29 is 39.3 Å². The zero-order valence-electron chi connectivity index (χ0n) is 14.8. The molecule has 1 aliphatic heterocycles. The number of rotatable bonds is 9. The van der Waals surface area contributed by atoms with E-state index in [0.29, 0.717) is 6.42 Å². The summed E-state index contributed by atoms with van der Waals surface area (Å²) in [5.74, 6) is -5.06. The van der Waals surface area contributed by atoms with E-state index in [1.54, 1.807) is 0 Å². The van der Waals surface area contributed by atoms with Gasteiger partial charge in [0, 0.05) is 6.54 Å². The van der Waals surface area contributed by atoms with Crippen molar-refractivity contribution in [3.63, 3.8) is 0 Å². The number of nitrogens with two attached hydrogens (primary N) is 1. The molecule has 7 N–H and O–H groups in total. The number of nitrogens with zero attached hydrogens (tertiary/aromatic N) is 1. The monoisotopic (exact) mass is 388 g/mol. The zero-order chi connectivity index (χ0) is 20.7. The quantitative estimate of drug-likeness (QED) is 0.236. The molecule has 0 aromatic heterocycles. The van der Waals surface area contributed by atoms with Gasteiger partial charge in [-0.1, -0.05) is 0 Å².